The number of rotatable bonds is 6. The van der Waals surface area contributed by atoms with Crippen LogP contribution in [0.15, 0.2) is 35.4 Å². The number of pyridine rings is 1. The van der Waals surface area contributed by atoms with Gasteiger partial charge >= 0.3 is 0 Å². The summed E-state index contributed by atoms with van der Waals surface area (Å²) in [5.41, 5.74) is 5.88. The Morgan fingerprint density at radius 2 is 2.16 bits per heavy atom. The molecular weight excluding hydrogens is 417 g/mol. The molecule has 2 fully saturated rings. The lowest BCUT2D eigenvalue weighted by Crippen LogP contribution is -2.49. The van der Waals surface area contributed by atoms with Gasteiger partial charge in [-0.1, -0.05) is 0 Å². The fourth-order valence-electron chi connectivity index (χ4n) is 4.30. The van der Waals surface area contributed by atoms with Gasteiger partial charge in [-0.25, -0.2) is 9.37 Å². The molecule has 11 heteroatoms. The third-order valence-electron chi connectivity index (χ3n) is 6.47. The van der Waals surface area contributed by atoms with Crippen molar-refractivity contribution in [3.63, 3.8) is 0 Å². The van der Waals surface area contributed by atoms with E-state index in [1.54, 1.807) is 24.4 Å². The number of fused-ring (bicyclic) bond motifs is 1. The van der Waals surface area contributed by atoms with Crippen molar-refractivity contribution in [3.8, 4) is 0 Å². The Balaban J connectivity index is 1.56. The molecule has 168 valence electrons. The van der Waals surface area contributed by atoms with Crippen LogP contribution >= 0.6 is 0 Å². The van der Waals surface area contributed by atoms with Gasteiger partial charge in [0.1, 0.15) is 29.1 Å². The number of carbonyl (C=O) groups excluding carboxylic acids is 1. The molecule has 10 nitrogen and oxygen atoms in total. The number of carbonyl (C=O) groups is 1. The fraction of sp³-hybridized carbons (Fsp3) is 0.429. The third-order valence-corrected chi connectivity index (χ3v) is 6.47. The Kier molecular flexibility index (Phi) is 4.85. The van der Waals surface area contributed by atoms with Crippen LogP contribution in [-0.2, 0) is 0 Å². The van der Waals surface area contributed by atoms with Crippen LogP contribution < -0.4 is 21.5 Å². The lowest BCUT2D eigenvalue weighted by atomic mass is 9.88. The van der Waals surface area contributed by atoms with Crippen molar-refractivity contribution in [2.24, 2.45) is 5.73 Å². The van der Waals surface area contributed by atoms with Gasteiger partial charge in [-0.05, 0) is 37.8 Å². The third kappa shape index (κ3) is 3.29. The van der Waals surface area contributed by atoms with Crippen LogP contribution in [0, 0.1) is 0 Å². The van der Waals surface area contributed by atoms with Crippen molar-refractivity contribution < 1.29 is 14.3 Å². The van der Waals surface area contributed by atoms with E-state index in [1.807, 2.05) is 11.9 Å². The second kappa shape index (κ2) is 7.59. The number of alkyl halides is 1. The Labute approximate surface area is 182 Å². The summed E-state index contributed by atoms with van der Waals surface area (Å²) in [6, 6.07) is 4.79. The van der Waals surface area contributed by atoms with Gasteiger partial charge in [0.25, 0.3) is 11.5 Å². The number of anilines is 3. The van der Waals surface area contributed by atoms with Crippen molar-refractivity contribution in [1.29, 1.82) is 0 Å². The van der Waals surface area contributed by atoms with Gasteiger partial charge < -0.3 is 25.6 Å². The molecule has 0 unspecified atom stereocenters. The maximum atomic E-state index is 13.3. The zero-order valence-electron chi connectivity index (χ0n) is 17.5. The average molecular weight is 441 g/mol. The lowest BCUT2D eigenvalue weighted by Gasteiger charge is -2.40. The maximum absolute atomic E-state index is 13.3. The van der Waals surface area contributed by atoms with E-state index >= 15 is 0 Å². The second-order valence-electron chi connectivity index (χ2n) is 8.46. The number of aliphatic hydroxyl groups is 1. The van der Waals surface area contributed by atoms with Crippen LogP contribution in [0.3, 0.4) is 0 Å². The summed E-state index contributed by atoms with van der Waals surface area (Å²) in [5, 5.41) is 17.4. The zero-order chi connectivity index (χ0) is 22.6. The highest BCUT2D eigenvalue weighted by molar-refractivity contribution is 5.99. The predicted octanol–water partition coefficient (Wildman–Crippen LogP) is 1.37. The number of primary amides is 1. The number of aromatic nitrogens is 4. The SMILES string of the molecule is CN(c1cc(Nc2cccn(C3CC(F)C3)c2=O)nc2c(C(N)=O)cnn12)[C@H]1CC[C@H]1O. The first-order chi connectivity index (χ1) is 15.3. The summed E-state index contributed by atoms with van der Waals surface area (Å²) in [5.74, 6) is 0.238. The minimum Gasteiger partial charge on any atom is -0.391 e. The Morgan fingerprint density at radius 1 is 1.38 bits per heavy atom. The van der Waals surface area contributed by atoms with Crippen LogP contribution in [0.2, 0.25) is 0 Å². The van der Waals surface area contributed by atoms with Crippen LogP contribution in [-0.4, -0.2) is 55.5 Å². The van der Waals surface area contributed by atoms with E-state index in [1.165, 1.54) is 15.3 Å². The van der Waals surface area contributed by atoms with E-state index in [0.717, 1.165) is 6.42 Å². The summed E-state index contributed by atoms with van der Waals surface area (Å²) in [7, 11) is 1.83. The molecule has 2 aliphatic carbocycles. The number of likely N-dealkylation sites (N-methyl/N-ethyl adjacent to an activating group) is 1. The molecule has 32 heavy (non-hydrogen) atoms. The summed E-state index contributed by atoms with van der Waals surface area (Å²) >= 11 is 0. The minimum absolute atomic E-state index is 0.101. The fourth-order valence-corrected chi connectivity index (χ4v) is 4.30. The number of nitrogens with two attached hydrogens (primary N) is 1. The van der Waals surface area contributed by atoms with Crippen LogP contribution in [0.25, 0.3) is 5.65 Å². The molecule has 2 aliphatic rings. The van der Waals surface area contributed by atoms with Gasteiger partial charge in [-0.3, -0.25) is 9.59 Å². The largest absolute Gasteiger partial charge is 0.391 e. The number of halogens is 1. The number of hydrogen-bond acceptors (Lipinski definition) is 7. The quantitative estimate of drug-likeness (QED) is 0.526. The standard InChI is InChI=1S/C21H24FN7O3/c1-27(15-4-5-16(15)30)18-9-17(26-20-13(19(23)31)10-24-29(18)20)25-14-3-2-6-28(21(14)32)12-7-11(22)8-12/h2-3,6,9-12,15-16,30H,4-5,7-8H2,1H3,(H2,23,31)(H,25,26)/t11?,12?,15-,16+/m0/s1. The number of aliphatic hydroxyl groups excluding tert-OH is 1. The van der Waals surface area contributed by atoms with Gasteiger partial charge in [-0.2, -0.15) is 9.61 Å². The molecular formula is C21H24FN7O3. The first-order valence-electron chi connectivity index (χ1n) is 10.5. The van der Waals surface area contributed by atoms with E-state index < -0.39 is 18.2 Å². The summed E-state index contributed by atoms with van der Waals surface area (Å²) < 4.78 is 16.3. The summed E-state index contributed by atoms with van der Waals surface area (Å²) in [4.78, 5) is 31.2. The average Bonchev–Trinajstić information content (AvgIpc) is 3.15. The van der Waals surface area contributed by atoms with Gasteiger partial charge in [0.05, 0.1) is 18.3 Å². The van der Waals surface area contributed by atoms with Crippen LogP contribution in [0.5, 0.6) is 0 Å². The molecule has 0 aliphatic heterocycles. The van der Waals surface area contributed by atoms with Gasteiger partial charge in [0.15, 0.2) is 5.65 Å². The molecule has 0 aromatic carbocycles. The van der Waals surface area contributed by atoms with Crippen LogP contribution in [0.1, 0.15) is 42.1 Å². The number of amides is 1. The second-order valence-corrected chi connectivity index (χ2v) is 8.46. The predicted molar refractivity (Wildman–Crippen MR) is 116 cm³/mol. The van der Waals surface area contributed by atoms with Crippen molar-refractivity contribution in [2.45, 2.75) is 50.0 Å². The van der Waals surface area contributed by atoms with Crippen molar-refractivity contribution >= 4 is 28.9 Å². The van der Waals surface area contributed by atoms with Crippen molar-refractivity contribution in [1.82, 2.24) is 19.2 Å². The molecule has 3 aromatic rings. The molecule has 3 heterocycles. The number of hydrogen-bond donors (Lipinski definition) is 3. The maximum Gasteiger partial charge on any atom is 0.274 e. The van der Waals surface area contributed by atoms with Crippen molar-refractivity contribution in [2.75, 3.05) is 17.3 Å². The van der Waals surface area contributed by atoms with Crippen LogP contribution in [0.4, 0.5) is 21.7 Å². The van der Waals surface area contributed by atoms with E-state index in [0.29, 0.717) is 30.9 Å². The van der Waals surface area contributed by atoms with Crippen molar-refractivity contribution in [3.05, 3.63) is 46.5 Å². The molecule has 0 bridgehead atoms. The molecule has 0 saturated heterocycles. The highest BCUT2D eigenvalue weighted by atomic mass is 19.1. The summed E-state index contributed by atoms with van der Waals surface area (Å²) in [6.45, 7) is 0. The van der Waals surface area contributed by atoms with E-state index in [9.17, 15) is 19.1 Å². The van der Waals surface area contributed by atoms with E-state index in [-0.39, 0.29) is 34.5 Å². The number of nitrogens with one attached hydrogen (secondary N) is 1. The molecule has 0 spiro atoms. The zero-order valence-corrected chi connectivity index (χ0v) is 17.5. The van der Waals surface area contributed by atoms with E-state index in [2.05, 4.69) is 15.4 Å². The van der Waals surface area contributed by atoms with Gasteiger partial charge in [-0.15, -0.1) is 0 Å². The monoisotopic (exact) mass is 441 g/mol. The highest BCUT2D eigenvalue weighted by Crippen LogP contribution is 2.34. The summed E-state index contributed by atoms with van der Waals surface area (Å²) in [6.07, 6.45) is 3.84. The smallest absolute Gasteiger partial charge is 0.274 e. The molecule has 4 N–H and O–H groups in total. The first kappa shape index (κ1) is 20.4. The topological polar surface area (TPSA) is 131 Å². The molecule has 2 saturated carbocycles. The Bertz CT molecular complexity index is 1250. The Morgan fingerprint density at radius 3 is 2.78 bits per heavy atom. The number of nitrogens with zero attached hydrogens (tertiary/aromatic N) is 5. The highest BCUT2D eigenvalue weighted by Gasteiger charge is 2.34. The normalized spacial score (nSPS) is 24.6. The first-order valence-corrected chi connectivity index (χ1v) is 10.5. The Hall–Kier alpha value is -3.47. The lowest BCUT2D eigenvalue weighted by molar-refractivity contribution is 0.0664. The minimum atomic E-state index is -0.873. The molecule has 0 radical (unpaired) electrons. The molecule has 3 aromatic heterocycles. The molecule has 2 atom stereocenters. The van der Waals surface area contributed by atoms with Gasteiger partial charge in [0.2, 0.25) is 0 Å². The van der Waals surface area contributed by atoms with Gasteiger partial charge in [0, 0.05) is 25.4 Å². The molecule has 1 amide bonds. The molecule has 5 rings (SSSR count). The van der Waals surface area contributed by atoms with E-state index in [4.69, 9.17) is 5.73 Å².